The van der Waals surface area contributed by atoms with Crippen LogP contribution in [0, 0.1) is 0 Å². The fourth-order valence-corrected chi connectivity index (χ4v) is 2.56. The molecule has 0 saturated carbocycles. The molecule has 90 valence electrons. The van der Waals surface area contributed by atoms with E-state index in [0.29, 0.717) is 6.61 Å². The van der Waals surface area contributed by atoms with Gasteiger partial charge in [-0.3, -0.25) is 4.90 Å². The van der Waals surface area contributed by atoms with Gasteiger partial charge in [0.1, 0.15) is 0 Å². The molecule has 1 aliphatic heterocycles. The maximum atomic E-state index is 9.77. The Labute approximate surface area is 97.2 Å². The molecule has 0 amide bonds. The summed E-state index contributed by atoms with van der Waals surface area (Å²) in [5.74, 6) is 2.45. The number of aliphatic hydroxyl groups excluding tert-OH is 1. The summed E-state index contributed by atoms with van der Waals surface area (Å²) in [6, 6.07) is 0. The first kappa shape index (κ1) is 13.3. The summed E-state index contributed by atoms with van der Waals surface area (Å²) in [5, 5.41) is 9.77. The van der Waals surface area contributed by atoms with E-state index < -0.39 is 0 Å². The number of rotatable bonds is 5. The normalized spacial score (nSPS) is 21.6. The predicted molar refractivity (Wildman–Crippen MR) is 65.5 cm³/mol. The Morgan fingerprint density at radius 3 is 2.87 bits per heavy atom. The van der Waals surface area contributed by atoms with Gasteiger partial charge in [0.25, 0.3) is 0 Å². The summed E-state index contributed by atoms with van der Waals surface area (Å²) >= 11 is 2.01. The molecule has 3 nitrogen and oxygen atoms in total. The van der Waals surface area contributed by atoms with Gasteiger partial charge in [0.15, 0.2) is 0 Å². The van der Waals surface area contributed by atoms with E-state index in [0.717, 1.165) is 19.6 Å². The highest BCUT2D eigenvalue weighted by atomic mass is 32.2. The molecule has 0 bridgehead atoms. The van der Waals surface area contributed by atoms with Gasteiger partial charge in [0, 0.05) is 18.8 Å². The summed E-state index contributed by atoms with van der Waals surface area (Å²) in [6.07, 6.45) is 1.11. The van der Waals surface area contributed by atoms with E-state index in [-0.39, 0.29) is 12.2 Å². The molecule has 0 aliphatic carbocycles. The Balaban J connectivity index is 2.14. The van der Waals surface area contributed by atoms with Crippen molar-refractivity contribution in [1.82, 2.24) is 4.90 Å². The van der Waals surface area contributed by atoms with E-state index in [2.05, 4.69) is 4.90 Å². The third kappa shape index (κ3) is 6.40. The molecule has 1 fully saturated rings. The highest BCUT2D eigenvalue weighted by molar-refractivity contribution is 7.99. The van der Waals surface area contributed by atoms with Crippen molar-refractivity contribution in [2.24, 2.45) is 0 Å². The first-order valence-electron chi connectivity index (χ1n) is 5.78. The lowest BCUT2D eigenvalue weighted by Gasteiger charge is -2.23. The lowest BCUT2D eigenvalue weighted by atomic mass is 10.3. The van der Waals surface area contributed by atoms with Crippen molar-refractivity contribution < 1.29 is 9.84 Å². The monoisotopic (exact) mass is 233 g/mol. The van der Waals surface area contributed by atoms with Crippen molar-refractivity contribution in [3.63, 3.8) is 0 Å². The first-order valence-corrected chi connectivity index (χ1v) is 6.93. The zero-order chi connectivity index (χ0) is 11.1. The van der Waals surface area contributed by atoms with Gasteiger partial charge in [0.05, 0.1) is 18.8 Å². The Morgan fingerprint density at radius 2 is 2.13 bits per heavy atom. The molecule has 1 aliphatic rings. The molecular formula is C11H23NO2S. The van der Waals surface area contributed by atoms with Gasteiger partial charge >= 0.3 is 0 Å². The summed E-state index contributed by atoms with van der Waals surface area (Å²) in [5.41, 5.74) is 0. The quantitative estimate of drug-likeness (QED) is 0.774. The minimum Gasteiger partial charge on any atom is -0.389 e. The van der Waals surface area contributed by atoms with Crippen molar-refractivity contribution in [2.45, 2.75) is 32.5 Å². The summed E-state index contributed by atoms with van der Waals surface area (Å²) < 4.78 is 5.39. The number of ether oxygens (including phenoxy) is 1. The molecule has 0 aromatic heterocycles. The molecule has 15 heavy (non-hydrogen) atoms. The van der Waals surface area contributed by atoms with Gasteiger partial charge in [-0.05, 0) is 32.6 Å². The van der Waals surface area contributed by atoms with Gasteiger partial charge in [0.2, 0.25) is 0 Å². The van der Waals surface area contributed by atoms with Gasteiger partial charge in [-0.1, -0.05) is 0 Å². The SMILES string of the molecule is CC(C)OCC(O)CN1CCCSCC1. The van der Waals surface area contributed by atoms with Crippen LogP contribution in [-0.4, -0.2) is 60.0 Å². The Kier molecular flexibility index (Phi) is 6.64. The van der Waals surface area contributed by atoms with E-state index >= 15 is 0 Å². The maximum Gasteiger partial charge on any atom is 0.0900 e. The smallest absolute Gasteiger partial charge is 0.0900 e. The molecular weight excluding hydrogens is 210 g/mol. The second-order valence-electron chi connectivity index (χ2n) is 4.30. The van der Waals surface area contributed by atoms with Crippen LogP contribution >= 0.6 is 11.8 Å². The van der Waals surface area contributed by atoms with Crippen LogP contribution in [0.5, 0.6) is 0 Å². The molecule has 1 N–H and O–H groups in total. The molecule has 0 spiro atoms. The average molecular weight is 233 g/mol. The standard InChI is InChI=1S/C11H23NO2S/c1-10(2)14-9-11(13)8-12-4-3-6-15-7-5-12/h10-11,13H,3-9H2,1-2H3. The highest BCUT2D eigenvalue weighted by Gasteiger charge is 2.14. The number of hydrogen-bond acceptors (Lipinski definition) is 4. The van der Waals surface area contributed by atoms with Crippen molar-refractivity contribution >= 4 is 11.8 Å². The first-order chi connectivity index (χ1) is 7.18. The molecule has 0 aromatic rings. The lowest BCUT2D eigenvalue weighted by Crippen LogP contribution is -2.36. The van der Waals surface area contributed by atoms with E-state index in [1.807, 2.05) is 25.6 Å². The average Bonchev–Trinajstić information content (AvgIpc) is 2.43. The minimum atomic E-state index is -0.338. The van der Waals surface area contributed by atoms with Crippen LogP contribution in [0.1, 0.15) is 20.3 Å². The Bertz CT molecular complexity index is 159. The van der Waals surface area contributed by atoms with Gasteiger partial charge in [-0.25, -0.2) is 0 Å². The topological polar surface area (TPSA) is 32.7 Å². The summed E-state index contributed by atoms with van der Waals surface area (Å²) in [4.78, 5) is 2.34. The number of aliphatic hydroxyl groups is 1. The van der Waals surface area contributed by atoms with Crippen molar-refractivity contribution in [3.05, 3.63) is 0 Å². The fourth-order valence-electron chi connectivity index (χ4n) is 1.63. The molecule has 4 heteroatoms. The second-order valence-corrected chi connectivity index (χ2v) is 5.53. The largest absolute Gasteiger partial charge is 0.389 e. The lowest BCUT2D eigenvalue weighted by molar-refractivity contribution is -0.00756. The molecule has 1 rings (SSSR count). The highest BCUT2D eigenvalue weighted by Crippen LogP contribution is 2.10. The Hall–Kier alpha value is 0.230. The molecule has 0 radical (unpaired) electrons. The van der Waals surface area contributed by atoms with Gasteiger partial charge < -0.3 is 9.84 Å². The summed E-state index contributed by atoms with van der Waals surface area (Å²) in [6.45, 7) is 7.42. The Morgan fingerprint density at radius 1 is 1.33 bits per heavy atom. The van der Waals surface area contributed by atoms with Crippen LogP contribution in [0.15, 0.2) is 0 Å². The third-order valence-electron chi connectivity index (χ3n) is 2.41. The second kappa shape index (κ2) is 7.49. The number of hydrogen-bond donors (Lipinski definition) is 1. The van der Waals surface area contributed by atoms with E-state index in [1.54, 1.807) is 0 Å². The molecule has 1 unspecified atom stereocenters. The van der Waals surface area contributed by atoms with Gasteiger partial charge in [-0.15, -0.1) is 0 Å². The molecule has 0 aromatic carbocycles. The van der Waals surface area contributed by atoms with Crippen molar-refractivity contribution in [2.75, 3.05) is 37.7 Å². The third-order valence-corrected chi connectivity index (χ3v) is 3.45. The van der Waals surface area contributed by atoms with Crippen LogP contribution in [0.3, 0.4) is 0 Å². The van der Waals surface area contributed by atoms with Crippen LogP contribution in [0.4, 0.5) is 0 Å². The predicted octanol–water partition coefficient (Wildman–Crippen LogP) is 1.21. The van der Waals surface area contributed by atoms with E-state index in [9.17, 15) is 5.11 Å². The van der Waals surface area contributed by atoms with Gasteiger partial charge in [-0.2, -0.15) is 11.8 Å². The number of nitrogens with zero attached hydrogens (tertiary/aromatic N) is 1. The molecule has 1 heterocycles. The zero-order valence-electron chi connectivity index (χ0n) is 9.82. The van der Waals surface area contributed by atoms with Crippen molar-refractivity contribution in [1.29, 1.82) is 0 Å². The molecule has 1 atom stereocenters. The summed E-state index contributed by atoms with van der Waals surface area (Å²) in [7, 11) is 0. The van der Waals surface area contributed by atoms with Crippen LogP contribution in [0.25, 0.3) is 0 Å². The van der Waals surface area contributed by atoms with E-state index in [4.69, 9.17) is 4.74 Å². The van der Waals surface area contributed by atoms with Crippen molar-refractivity contribution in [3.8, 4) is 0 Å². The van der Waals surface area contributed by atoms with Crippen LogP contribution in [0.2, 0.25) is 0 Å². The zero-order valence-corrected chi connectivity index (χ0v) is 10.6. The van der Waals surface area contributed by atoms with E-state index in [1.165, 1.54) is 17.9 Å². The number of thioether (sulfide) groups is 1. The number of β-amino-alcohol motifs (C(OH)–C–C–N with tert-alkyl or cyclic N) is 1. The fraction of sp³-hybridized carbons (Fsp3) is 1.00. The molecule has 1 saturated heterocycles. The van der Waals surface area contributed by atoms with Crippen LogP contribution in [-0.2, 0) is 4.74 Å². The maximum absolute atomic E-state index is 9.77. The minimum absolute atomic E-state index is 0.208. The van der Waals surface area contributed by atoms with Crippen LogP contribution < -0.4 is 0 Å².